The number of anilines is 1. The minimum absolute atomic E-state index is 0.104. The second-order valence-corrected chi connectivity index (χ2v) is 9.10. The molecule has 9 heteroatoms. The molecule has 0 unspecified atom stereocenters. The van der Waals surface area contributed by atoms with E-state index in [0.29, 0.717) is 17.8 Å². The van der Waals surface area contributed by atoms with E-state index in [-0.39, 0.29) is 30.4 Å². The van der Waals surface area contributed by atoms with Crippen molar-refractivity contribution >= 4 is 21.6 Å². The Labute approximate surface area is 187 Å². The Bertz CT molecular complexity index is 1250. The van der Waals surface area contributed by atoms with Gasteiger partial charge in [0.2, 0.25) is 15.9 Å². The third-order valence-electron chi connectivity index (χ3n) is 4.97. The number of nitrogens with one attached hydrogen (secondary N) is 2. The molecule has 1 amide bonds. The normalized spacial score (nSPS) is 11.2. The fourth-order valence-corrected chi connectivity index (χ4v) is 4.46. The second-order valence-electron chi connectivity index (χ2n) is 7.38. The first kappa shape index (κ1) is 23.2. The summed E-state index contributed by atoms with van der Waals surface area (Å²) in [5.74, 6) is -0.631. The van der Waals surface area contributed by atoms with E-state index in [0.717, 1.165) is 11.1 Å². The largest absolute Gasteiger partial charge is 0.350 e. The molecule has 3 rings (SSSR count). The molecule has 32 heavy (non-hydrogen) atoms. The molecule has 8 nitrogen and oxygen atoms in total. The van der Waals surface area contributed by atoms with Crippen LogP contribution in [0.25, 0.3) is 0 Å². The predicted octanol–water partition coefficient (Wildman–Crippen LogP) is 1.87. The molecule has 0 aliphatic rings. The van der Waals surface area contributed by atoms with Crippen LogP contribution >= 0.6 is 0 Å². The van der Waals surface area contributed by atoms with Gasteiger partial charge in [-0.2, -0.15) is 0 Å². The van der Waals surface area contributed by atoms with E-state index in [1.165, 1.54) is 10.6 Å². The number of carbonyl (C=O) groups is 1. The third-order valence-corrected chi connectivity index (χ3v) is 6.22. The number of rotatable bonds is 9. The zero-order valence-electron chi connectivity index (χ0n) is 17.7. The van der Waals surface area contributed by atoms with Crippen LogP contribution in [0.5, 0.6) is 0 Å². The number of aryl methyl sites for hydroxylation is 1. The molecule has 168 valence electrons. The van der Waals surface area contributed by atoms with Gasteiger partial charge in [0.25, 0.3) is 5.56 Å². The number of benzene rings is 2. The first-order valence-electron chi connectivity index (χ1n) is 10.1. The molecule has 3 aromatic rings. The zero-order chi connectivity index (χ0) is 23.1. The number of hydrogen-bond donors (Lipinski definition) is 3. The molecular weight excluding hydrogens is 428 g/mol. The van der Waals surface area contributed by atoms with Crippen molar-refractivity contribution in [1.29, 1.82) is 0 Å². The number of nitrogens with two attached hydrogens (primary N) is 1. The van der Waals surface area contributed by atoms with Gasteiger partial charge in [0.15, 0.2) is 0 Å². The number of sulfonamides is 1. The van der Waals surface area contributed by atoms with Crippen molar-refractivity contribution < 1.29 is 13.2 Å². The van der Waals surface area contributed by atoms with Crippen LogP contribution in [0.15, 0.2) is 71.5 Å². The Kier molecular flexibility index (Phi) is 7.45. The predicted molar refractivity (Wildman–Crippen MR) is 124 cm³/mol. The van der Waals surface area contributed by atoms with Crippen LogP contribution in [0.4, 0.5) is 5.69 Å². The molecule has 1 aromatic heterocycles. The van der Waals surface area contributed by atoms with Gasteiger partial charge in [-0.15, -0.1) is 0 Å². The van der Waals surface area contributed by atoms with Gasteiger partial charge < -0.3 is 15.6 Å². The summed E-state index contributed by atoms with van der Waals surface area (Å²) in [5, 5.41) is 2.78. The molecule has 0 radical (unpaired) electrons. The van der Waals surface area contributed by atoms with Crippen molar-refractivity contribution in [3.63, 3.8) is 0 Å². The Balaban J connectivity index is 1.72. The monoisotopic (exact) mass is 454 g/mol. The lowest BCUT2D eigenvalue weighted by molar-refractivity contribution is -0.121. The van der Waals surface area contributed by atoms with Crippen LogP contribution in [0.3, 0.4) is 0 Å². The molecule has 1 heterocycles. The molecule has 0 aliphatic carbocycles. The van der Waals surface area contributed by atoms with Gasteiger partial charge in [-0.25, -0.2) is 8.42 Å². The third kappa shape index (κ3) is 6.05. The average molecular weight is 455 g/mol. The van der Waals surface area contributed by atoms with Gasteiger partial charge in [0.1, 0.15) is 12.2 Å². The first-order valence-corrected chi connectivity index (χ1v) is 11.7. The minimum atomic E-state index is -3.80. The maximum absolute atomic E-state index is 12.9. The summed E-state index contributed by atoms with van der Waals surface area (Å²) >= 11 is 0. The van der Waals surface area contributed by atoms with Gasteiger partial charge in [0, 0.05) is 18.8 Å². The van der Waals surface area contributed by atoms with Crippen molar-refractivity contribution in [2.75, 3.05) is 4.72 Å². The molecule has 0 saturated heterocycles. The van der Waals surface area contributed by atoms with Crippen LogP contribution in [0.1, 0.15) is 22.4 Å². The van der Waals surface area contributed by atoms with Gasteiger partial charge >= 0.3 is 0 Å². The van der Waals surface area contributed by atoms with E-state index in [4.69, 9.17) is 5.73 Å². The SMILES string of the molecule is Cc1ccc(NS(=O)(=O)Cc2ccccc2)c(=O)n1CC(=O)NCc1ccccc1CN. The number of nitrogens with zero attached hydrogens (tertiary/aromatic N) is 1. The fraction of sp³-hybridized carbons (Fsp3) is 0.217. The van der Waals surface area contributed by atoms with E-state index < -0.39 is 15.6 Å². The molecule has 0 bridgehead atoms. The van der Waals surface area contributed by atoms with E-state index in [2.05, 4.69) is 10.0 Å². The molecule has 0 aliphatic heterocycles. The molecule has 0 saturated carbocycles. The summed E-state index contributed by atoms with van der Waals surface area (Å²) in [7, 11) is -3.80. The Morgan fingerprint density at radius 3 is 2.31 bits per heavy atom. The number of aromatic nitrogens is 1. The number of carbonyl (C=O) groups excluding carboxylic acids is 1. The quantitative estimate of drug-likeness (QED) is 0.455. The van der Waals surface area contributed by atoms with Crippen LogP contribution in [-0.4, -0.2) is 18.9 Å². The maximum atomic E-state index is 12.9. The first-order chi connectivity index (χ1) is 15.3. The topological polar surface area (TPSA) is 123 Å². The Morgan fingerprint density at radius 2 is 1.62 bits per heavy atom. The highest BCUT2D eigenvalue weighted by Gasteiger charge is 2.16. The van der Waals surface area contributed by atoms with Gasteiger partial charge in [-0.1, -0.05) is 54.6 Å². The smallest absolute Gasteiger partial charge is 0.275 e. The molecular formula is C23H26N4O4S. The van der Waals surface area contributed by atoms with Gasteiger partial charge in [-0.3, -0.25) is 14.3 Å². The molecule has 0 atom stereocenters. The summed E-state index contributed by atoms with van der Waals surface area (Å²) in [5.41, 5.74) is 8.00. The van der Waals surface area contributed by atoms with Crippen LogP contribution in [-0.2, 0) is 40.2 Å². The number of amides is 1. The summed E-state index contributed by atoms with van der Waals surface area (Å²) in [6.45, 7) is 2.09. The summed E-state index contributed by atoms with van der Waals surface area (Å²) in [6, 6.07) is 19.2. The van der Waals surface area contributed by atoms with E-state index in [1.807, 2.05) is 24.3 Å². The van der Waals surface area contributed by atoms with Crippen LogP contribution in [0.2, 0.25) is 0 Å². The van der Waals surface area contributed by atoms with E-state index in [9.17, 15) is 18.0 Å². The molecule has 2 aromatic carbocycles. The van der Waals surface area contributed by atoms with E-state index >= 15 is 0 Å². The highest BCUT2D eigenvalue weighted by atomic mass is 32.2. The molecule has 4 N–H and O–H groups in total. The molecule has 0 fully saturated rings. The summed E-state index contributed by atoms with van der Waals surface area (Å²) < 4.78 is 28.6. The molecule has 0 spiro atoms. The standard InChI is InChI=1S/C23H26N4O4S/c1-17-11-12-21(26-32(30,31)16-18-7-3-2-4-8-18)23(29)27(17)15-22(28)25-14-20-10-6-5-9-19(20)13-24/h2-12,26H,13-16,24H2,1H3,(H,25,28). The lowest BCUT2D eigenvalue weighted by Crippen LogP contribution is -2.34. The number of hydrogen-bond acceptors (Lipinski definition) is 5. The number of pyridine rings is 1. The average Bonchev–Trinajstić information content (AvgIpc) is 2.77. The lowest BCUT2D eigenvalue weighted by atomic mass is 10.1. The second kappa shape index (κ2) is 10.3. The van der Waals surface area contributed by atoms with Crippen LogP contribution < -0.4 is 21.3 Å². The van der Waals surface area contributed by atoms with Crippen LogP contribution in [0, 0.1) is 6.92 Å². The van der Waals surface area contributed by atoms with Crippen molar-refractivity contribution in [3.05, 3.63) is 99.5 Å². The van der Waals surface area contributed by atoms with Crippen molar-refractivity contribution in [3.8, 4) is 0 Å². The van der Waals surface area contributed by atoms with Gasteiger partial charge in [0.05, 0.1) is 5.75 Å². The summed E-state index contributed by atoms with van der Waals surface area (Å²) in [6.07, 6.45) is 0. The minimum Gasteiger partial charge on any atom is -0.350 e. The summed E-state index contributed by atoms with van der Waals surface area (Å²) in [4.78, 5) is 25.4. The Morgan fingerprint density at radius 1 is 0.969 bits per heavy atom. The Hall–Kier alpha value is -3.43. The van der Waals surface area contributed by atoms with Crippen molar-refractivity contribution in [1.82, 2.24) is 9.88 Å². The van der Waals surface area contributed by atoms with Crippen molar-refractivity contribution in [2.24, 2.45) is 5.73 Å². The van der Waals surface area contributed by atoms with Gasteiger partial charge in [-0.05, 0) is 35.7 Å². The van der Waals surface area contributed by atoms with Crippen molar-refractivity contribution in [2.45, 2.75) is 32.3 Å². The highest BCUT2D eigenvalue weighted by Crippen LogP contribution is 2.11. The van der Waals surface area contributed by atoms with E-state index in [1.54, 1.807) is 43.3 Å². The maximum Gasteiger partial charge on any atom is 0.275 e. The zero-order valence-corrected chi connectivity index (χ0v) is 18.6. The lowest BCUT2D eigenvalue weighted by Gasteiger charge is -2.14. The fourth-order valence-electron chi connectivity index (χ4n) is 3.26. The highest BCUT2D eigenvalue weighted by molar-refractivity contribution is 7.91.